The third kappa shape index (κ3) is 3.61. The summed E-state index contributed by atoms with van der Waals surface area (Å²) in [4.78, 5) is 39.6. The van der Waals surface area contributed by atoms with Crippen molar-refractivity contribution in [2.24, 2.45) is 14.1 Å². The summed E-state index contributed by atoms with van der Waals surface area (Å²) >= 11 is 7.36. The Labute approximate surface area is 147 Å². The largest absolute Gasteiger partial charge is 0.384 e. The molecule has 24 heavy (non-hydrogen) atoms. The lowest BCUT2D eigenvalue weighted by Crippen LogP contribution is -2.43. The van der Waals surface area contributed by atoms with E-state index < -0.39 is 17.0 Å². The molecule has 130 valence electrons. The van der Waals surface area contributed by atoms with E-state index in [2.05, 4.69) is 0 Å². The number of aromatic nitrogens is 2. The molecule has 0 saturated carbocycles. The first kappa shape index (κ1) is 18.4. The van der Waals surface area contributed by atoms with Gasteiger partial charge in [0.15, 0.2) is 5.78 Å². The van der Waals surface area contributed by atoms with Crippen molar-refractivity contribution in [1.29, 1.82) is 0 Å². The first-order valence-corrected chi connectivity index (χ1v) is 8.51. The van der Waals surface area contributed by atoms with Crippen molar-refractivity contribution in [3.8, 4) is 0 Å². The fraction of sp³-hybridized carbons (Fsp3) is 0.400. The van der Waals surface area contributed by atoms with Gasteiger partial charge in [-0.15, -0.1) is 11.3 Å². The van der Waals surface area contributed by atoms with E-state index in [4.69, 9.17) is 17.3 Å². The summed E-state index contributed by atoms with van der Waals surface area (Å²) in [5, 5.41) is 0. The quantitative estimate of drug-likeness (QED) is 0.768. The molecule has 0 aliphatic heterocycles. The first-order chi connectivity index (χ1) is 11.3. The Bertz CT molecular complexity index is 884. The number of rotatable bonds is 6. The van der Waals surface area contributed by atoms with E-state index >= 15 is 0 Å². The number of nitrogens with zero attached hydrogens (tertiary/aromatic N) is 3. The standard InChI is InChI=1S/C15H19ClN4O3S/c1-4-20(7-9-5-6-11(16)24-9)8-10(21)12-13(17)18(2)15(23)19(3)14(12)22/h5-6H,4,7-8,17H2,1-3H3. The molecule has 0 spiro atoms. The fourth-order valence-corrected chi connectivity index (χ4v) is 3.47. The first-order valence-electron chi connectivity index (χ1n) is 7.31. The molecule has 2 heterocycles. The van der Waals surface area contributed by atoms with Gasteiger partial charge in [-0.05, 0) is 18.7 Å². The fourth-order valence-electron chi connectivity index (χ4n) is 2.34. The van der Waals surface area contributed by atoms with Crippen molar-refractivity contribution in [2.45, 2.75) is 13.5 Å². The van der Waals surface area contributed by atoms with Crippen molar-refractivity contribution < 1.29 is 4.79 Å². The molecule has 0 bridgehead atoms. The van der Waals surface area contributed by atoms with Gasteiger partial charge >= 0.3 is 5.69 Å². The monoisotopic (exact) mass is 370 g/mol. The Kier molecular flexibility index (Phi) is 5.63. The molecular weight excluding hydrogens is 352 g/mol. The smallest absolute Gasteiger partial charge is 0.332 e. The van der Waals surface area contributed by atoms with Crippen LogP contribution in [0.2, 0.25) is 4.34 Å². The van der Waals surface area contributed by atoms with Crippen LogP contribution in [0.4, 0.5) is 5.82 Å². The Morgan fingerprint density at radius 2 is 1.96 bits per heavy atom. The van der Waals surface area contributed by atoms with Gasteiger partial charge in [0.25, 0.3) is 5.56 Å². The number of anilines is 1. The highest BCUT2D eigenvalue weighted by Crippen LogP contribution is 2.22. The van der Waals surface area contributed by atoms with Crippen molar-refractivity contribution in [3.05, 3.63) is 47.7 Å². The van der Waals surface area contributed by atoms with Crippen LogP contribution < -0.4 is 17.0 Å². The van der Waals surface area contributed by atoms with Gasteiger partial charge in [0.05, 0.1) is 10.9 Å². The molecule has 0 amide bonds. The summed E-state index contributed by atoms with van der Waals surface area (Å²) in [7, 11) is 2.76. The van der Waals surface area contributed by atoms with Gasteiger partial charge in [0.1, 0.15) is 11.4 Å². The number of hydrogen-bond donors (Lipinski definition) is 1. The van der Waals surface area contributed by atoms with Gasteiger partial charge in [-0.25, -0.2) is 4.79 Å². The van der Waals surface area contributed by atoms with Crippen LogP contribution in [0.15, 0.2) is 21.7 Å². The second-order valence-electron chi connectivity index (χ2n) is 5.40. The van der Waals surface area contributed by atoms with Crippen LogP contribution in [0.1, 0.15) is 22.2 Å². The molecule has 9 heteroatoms. The minimum atomic E-state index is -0.671. The van der Waals surface area contributed by atoms with Gasteiger partial charge < -0.3 is 5.73 Å². The molecule has 0 radical (unpaired) electrons. The zero-order valence-corrected chi connectivity index (χ0v) is 15.3. The van der Waals surface area contributed by atoms with Crippen molar-refractivity contribution >= 4 is 34.5 Å². The molecule has 2 N–H and O–H groups in total. The second kappa shape index (κ2) is 7.33. The number of hydrogen-bond acceptors (Lipinski definition) is 6. The van der Waals surface area contributed by atoms with Gasteiger partial charge in [0.2, 0.25) is 0 Å². The number of thiophene rings is 1. The summed E-state index contributed by atoms with van der Waals surface area (Å²) in [6.07, 6.45) is 0. The van der Waals surface area contributed by atoms with Gasteiger partial charge in [0, 0.05) is 25.5 Å². The number of ketones is 1. The zero-order valence-electron chi connectivity index (χ0n) is 13.7. The number of nitrogens with two attached hydrogens (primary N) is 1. The highest BCUT2D eigenvalue weighted by atomic mass is 35.5. The van der Waals surface area contributed by atoms with Crippen LogP contribution >= 0.6 is 22.9 Å². The highest BCUT2D eigenvalue weighted by Gasteiger charge is 2.22. The Hall–Kier alpha value is -1.90. The maximum atomic E-state index is 12.6. The number of carbonyl (C=O) groups is 1. The van der Waals surface area contributed by atoms with E-state index in [9.17, 15) is 14.4 Å². The topological polar surface area (TPSA) is 90.3 Å². The molecule has 7 nitrogen and oxygen atoms in total. The van der Waals surface area contributed by atoms with Gasteiger partial charge in [-0.3, -0.25) is 23.6 Å². The number of halogens is 1. The molecule has 0 atom stereocenters. The van der Waals surface area contributed by atoms with Crippen LogP contribution in [-0.2, 0) is 20.6 Å². The van der Waals surface area contributed by atoms with Gasteiger partial charge in [-0.2, -0.15) is 0 Å². The third-order valence-corrected chi connectivity index (χ3v) is 5.03. The minimum absolute atomic E-state index is 0.0314. The highest BCUT2D eigenvalue weighted by molar-refractivity contribution is 7.16. The lowest BCUT2D eigenvalue weighted by molar-refractivity contribution is 0.0928. The van der Waals surface area contributed by atoms with Crippen molar-refractivity contribution in [3.63, 3.8) is 0 Å². The van der Waals surface area contributed by atoms with Crippen LogP contribution in [0.3, 0.4) is 0 Å². The Balaban J connectivity index is 2.29. The predicted octanol–water partition coefficient (Wildman–Crippen LogP) is 1.09. The number of nitrogen functional groups attached to an aromatic ring is 1. The number of Topliss-reactive ketones (excluding diaryl/α,β-unsaturated/α-hetero) is 1. The molecule has 2 rings (SSSR count). The maximum absolute atomic E-state index is 12.6. The Morgan fingerprint density at radius 3 is 2.50 bits per heavy atom. The van der Waals surface area contributed by atoms with E-state index in [0.29, 0.717) is 17.4 Å². The molecule has 2 aromatic rings. The zero-order chi connectivity index (χ0) is 18.0. The molecule has 0 aliphatic rings. The molecular formula is C15H19ClN4O3S. The molecule has 0 unspecified atom stereocenters. The average Bonchev–Trinajstić information content (AvgIpc) is 2.95. The average molecular weight is 371 g/mol. The lowest BCUT2D eigenvalue weighted by Gasteiger charge is -2.19. The van der Waals surface area contributed by atoms with Crippen molar-refractivity contribution in [2.75, 3.05) is 18.8 Å². The van der Waals surface area contributed by atoms with E-state index in [0.717, 1.165) is 14.0 Å². The molecule has 2 aromatic heterocycles. The molecule has 0 aliphatic carbocycles. The maximum Gasteiger partial charge on any atom is 0.332 e. The molecule has 0 aromatic carbocycles. The van der Waals surface area contributed by atoms with Gasteiger partial charge in [-0.1, -0.05) is 18.5 Å². The normalized spacial score (nSPS) is 11.2. The molecule has 0 saturated heterocycles. The van der Waals surface area contributed by atoms with Crippen LogP contribution in [-0.4, -0.2) is 32.9 Å². The Morgan fingerprint density at radius 1 is 1.29 bits per heavy atom. The van der Waals surface area contributed by atoms with E-state index in [1.807, 2.05) is 17.9 Å². The number of carbonyl (C=O) groups excluding carboxylic acids is 1. The number of likely N-dealkylation sites (N-methyl/N-ethyl adjacent to an activating group) is 1. The van der Waals surface area contributed by atoms with E-state index in [1.165, 1.54) is 25.4 Å². The summed E-state index contributed by atoms with van der Waals surface area (Å²) in [5.74, 6) is -0.517. The summed E-state index contributed by atoms with van der Waals surface area (Å²) in [6, 6.07) is 3.71. The lowest BCUT2D eigenvalue weighted by atomic mass is 10.1. The third-order valence-electron chi connectivity index (χ3n) is 3.81. The summed E-state index contributed by atoms with van der Waals surface area (Å²) in [5.41, 5.74) is 4.44. The summed E-state index contributed by atoms with van der Waals surface area (Å²) in [6.45, 7) is 3.12. The van der Waals surface area contributed by atoms with E-state index in [1.54, 1.807) is 6.07 Å². The van der Waals surface area contributed by atoms with Crippen molar-refractivity contribution in [1.82, 2.24) is 14.0 Å². The predicted molar refractivity (Wildman–Crippen MR) is 95.9 cm³/mol. The van der Waals surface area contributed by atoms with Crippen LogP contribution in [0, 0.1) is 0 Å². The summed E-state index contributed by atoms with van der Waals surface area (Å²) < 4.78 is 2.67. The van der Waals surface area contributed by atoms with Crippen LogP contribution in [0.5, 0.6) is 0 Å². The minimum Gasteiger partial charge on any atom is -0.384 e. The molecule has 0 fully saturated rings. The van der Waals surface area contributed by atoms with Crippen LogP contribution in [0.25, 0.3) is 0 Å². The van der Waals surface area contributed by atoms with E-state index in [-0.39, 0.29) is 17.9 Å². The second-order valence-corrected chi connectivity index (χ2v) is 7.20. The SMILES string of the molecule is CCN(CC(=O)c1c(N)n(C)c(=O)n(C)c1=O)Cc1ccc(Cl)s1.